The molecule has 0 atom stereocenters. The number of carbonyl (C=O) groups is 1. The third-order valence-electron chi connectivity index (χ3n) is 4.85. The first-order valence-corrected chi connectivity index (χ1v) is 9.01. The fourth-order valence-electron chi connectivity index (χ4n) is 3.44. The van der Waals surface area contributed by atoms with Gasteiger partial charge in [-0.25, -0.2) is 14.3 Å². The highest BCUT2D eigenvalue weighted by molar-refractivity contribution is 5.95. The van der Waals surface area contributed by atoms with Crippen LogP contribution in [0.4, 0.5) is 0 Å². The van der Waals surface area contributed by atoms with E-state index in [1.165, 1.54) is 6.20 Å². The maximum Gasteiger partial charge on any atom is 0.341 e. The van der Waals surface area contributed by atoms with E-state index in [1.807, 2.05) is 60.7 Å². The van der Waals surface area contributed by atoms with Gasteiger partial charge < -0.3 is 9.52 Å². The van der Waals surface area contributed by atoms with Gasteiger partial charge >= 0.3 is 5.97 Å². The zero-order valence-corrected chi connectivity index (χ0v) is 15.2. The number of carboxylic acids is 1. The zero-order valence-electron chi connectivity index (χ0n) is 15.2. The van der Waals surface area contributed by atoms with E-state index in [0.29, 0.717) is 5.65 Å². The van der Waals surface area contributed by atoms with Gasteiger partial charge in [0.1, 0.15) is 5.56 Å². The van der Waals surface area contributed by atoms with Crippen LogP contribution in [0.2, 0.25) is 0 Å². The molecule has 0 unspecified atom stereocenters. The first-order valence-electron chi connectivity index (χ1n) is 9.01. The number of benzene rings is 2. The second-order valence-corrected chi connectivity index (χ2v) is 6.57. The number of aromatic nitrogens is 3. The lowest BCUT2D eigenvalue weighted by Gasteiger charge is -2.12. The molecule has 140 valence electrons. The van der Waals surface area contributed by atoms with Gasteiger partial charge in [-0.2, -0.15) is 5.10 Å². The van der Waals surface area contributed by atoms with Crippen molar-refractivity contribution in [2.75, 3.05) is 0 Å². The largest absolute Gasteiger partial charge is 0.477 e. The van der Waals surface area contributed by atoms with Crippen LogP contribution in [-0.2, 0) is 0 Å². The highest BCUT2D eigenvalue weighted by Gasteiger charge is 2.19. The molecule has 5 aromatic rings. The van der Waals surface area contributed by atoms with E-state index < -0.39 is 5.97 Å². The summed E-state index contributed by atoms with van der Waals surface area (Å²) in [7, 11) is 0. The number of aromatic carboxylic acids is 1. The number of nitrogens with zero attached hydrogens (tertiary/aromatic N) is 3. The number of fused-ring (bicyclic) bond motifs is 1. The predicted molar refractivity (Wildman–Crippen MR) is 109 cm³/mol. The molecular formula is C23H15N3O3. The summed E-state index contributed by atoms with van der Waals surface area (Å²) in [5, 5.41) is 13.8. The minimum absolute atomic E-state index is 0.0732. The Hall–Kier alpha value is -4.19. The number of rotatable bonds is 4. The van der Waals surface area contributed by atoms with E-state index in [4.69, 9.17) is 4.42 Å². The average Bonchev–Trinajstić information content (AvgIpc) is 3.44. The van der Waals surface area contributed by atoms with Gasteiger partial charge in [0.2, 0.25) is 0 Å². The lowest BCUT2D eigenvalue weighted by Crippen LogP contribution is -2.02. The molecule has 3 aromatic heterocycles. The zero-order chi connectivity index (χ0) is 19.8. The van der Waals surface area contributed by atoms with Crippen LogP contribution in [0.25, 0.3) is 39.2 Å². The molecule has 0 fully saturated rings. The van der Waals surface area contributed by atoms with Crippen molar-refractivity contribution in [3.05, 3.63) is 91.1 Å². The second kappa shape index (κ2) is 6.76. The average molecular weight is 381 g/mol. The molecule has 0 aliphatic carbocycles. The standard InChI is InChI=1S/C23H15N3O3/c27-23(28)20-13-25-26-21(17-4-2-1-3-5-17)19(12-24-22(20)26)16-8-6-15(7-9-16)18-10-11-29-14-18/h1-14H,(H,27,28). The summed E-state index contributed by atoms with van der Waals surface area (Å²) in [4.78, 5) is 15.9. The Bertz CT molecular complexity index is 1310. The first-order chi connectivity index (χ1) is 14.2. The van der Waals surface area contributed by atoms with Crippen molar-refractivity contribution in [3.8, 4) is 33.5 Å². The third kappa shape index (κ3) is 2.87. The summed E-state index contributed by atoms with van der Waals surface area (Å²) < 4.78 is 6.76. The lowest BCUT2D eigenvalue weighted by atomic mass is 9.98. The van der Waals surface area contributed by atoms with Crippen LogP contribution in [0, 0.1) is 0 Å². The van der Waals surface area contributed by atoms with Gasteiger partial charge in [0.15, 0.2) is 5.65 Å². The Balaban J connectivity index is 1.72. The number of carboxylic acid groups (broad SMARTS) is 1. The molecule has 2 aromatic carbocycles. The van der Waals surface area contributed by atoms with E-state index in [1.54, 1.807) is 23.2 Å². The van der Waals surface area contributed by atoms with Gasteiger partial charge in [-0.1, -0.05) is 54.6 Å². The topological polar surface area (TPSA) is 80.6 Å². The minimum atomic E-state index is -1.05. The smallest absolute Gasteiger partial charge is 0.341 e. The molecule has 0 aliphatic heterocycles. The molecular weight excluding hydrogens is 366 g/mol. The Morgan fingerprint density at radius 3 is 2.31 bits per heavy atom. The molecule has 0 radical (unpaired) electrons. The van der Waals surface area contributed by atoms with Crippen molar-refractivity contribution in [1.82, 2.24) is 14.6 Å². The molecule has 0 saturated heterocycles. The van der Waals surface area contributed by atoms with Crippen LogP contribution in [0.1, 0.15) is 10.4 Å². The van der Waals surface area contributed by atoms with E-state index >= 15 is 0 Å². The van der Waals surface area contributed by atoms with Crippen LogP contribution >= 0.6 is 0 Å². The van der Waals surface area contributed by atoms with Gasteiger partial charge in [-0.15, -0.1) is 0 Å². The van der Waals surface area contributed by atoms with Gasteiger partial charge in [0.25, 0.3) is 0 Å². The summed E-state index contributed by atoms with van der Waals surface area (Å²) in [6, 6.07) is 19.7. The van der Waals surface area contributed by atoms with E-state index in [2.05, 4.69) is 10.1 Å². The number of hydrogen-bond acceptors (Lipinski definition) is 4. The minimum Gasteiger partial charge on any atom is -0.477 e. The first kappa shape index (κ1) is 16.9. The van der Waals surface area contributed by atoms with Crippen LogP contribution < -0.4 is 0 Å². The summed E-state index contributed by atoms with van der Waals surface area (Å²) in [5.74, 6) is -1.05. The Morgan fingerprint density at radius 2 is 1.62 bits per heavy atom. The van der Waals surface area contributed by atoms with Crippen molar-refractivity contribution in [3.63, 3.8) is 0 Å². The Labute approximate surface area is 165 Å². The maximum absolute atomic E-state index is 11.5. The Morgan fingerprint density at radius 1 is 0.862 bits per heavy atom. The fraction of sp³-hybridized carbons (Fsp3) is 0. The van der Waals surface area contributed by atoms with Gasteiger partial charge in [0.05, 0.1) is 24.4 Å². The van der Waals surface area contributed by atoms with Crippen molar-refractivity contribution in [2.24, 2.45) is 0 Å². The van der Waals surface area contributed by atoms with Crippen molar-refractivity contribution in [2.45, 2.75) is 0 Å². The number of furan rings is 1. The van der Waals surface area contributed by atoms with Gasteiger partial charge in [-0.05, 0) is 17.2 Å². The van der Waals surface area contributed by atoms with E-state index in [0.717, 1.165) is 33.5 Å². The molecule has 6 nitrogen and oxygen atoms in total. The number of hydrogen-bond donors (Lipinski definition) is 1. The molecule has 0 spiro atoms. The Kier molecular flexibility index (Phi) is 3.95. The molecule has 0 amide bonds. The highest BCUT2D eigenvalue weighted by atomic mass is 16.4. The fourth-order valence-corrected chi connectivity index (χ4v) is 3.44. The van der Waals surface area contributed by atoms with Crippen LogP contribution in [0.5, 0.6) is 0 Å². The van der Waals surface area contributed by atoms with Crippen molar-refractivity contribution < 1.29 is 14.3 Å². The summed E-state index contributed by atoms with van der Waals surface area (Å²) >= 11 is 0. The molecule has 5 rings (SSSR count). The monoisotopic (exact) mass is 381 g/mol. The van der Waals surface area contributed by atoms with Crippen molar-refractivity contribution in [1.29, 1.82) is 0 Å². The predicted octanol–water partition coefficient (Wildman–Crippen LogP) is 5.02. The molecule has 3 heterocycles. The lowest BCUT2D eigenvalue weighted by molar-refractivity contribution is 0.0698. The van der Waals surface area contributed by atoms with E-state index in [9.17, 15) is 9.90 Å². The van der Waals surface area contributed by atoms with Crippen LogP contribution in [0.3, 0.4) is 0 Å². The SMILES string of the molecule is O=C(O)c1cnn2c(-c3ccccc3)c(-c3ccc(-c4ccoc4)cc3)cnc12. The normalized spacial score (nSPS) is 11.0. The summed E-state index contributed by atoms with van der Waals surface area (Å²) in [5.41, 5.74) is 5.98. The highest BCUT2D eigenvalue weighted by Crippen LogP contribution is 2.33. The quantitative estimate of drug-likeness (QED) is 0.473. The van der Waals surface area contributed by atoms with E-state index in [-0.39, 0.29) is 5.56 Å². The van der Waals surface area contributed by atoms with Gasteiger partial charge in [-0.3, -0.25) is 0 Å². The molecule has 29 heavy (non-hydrogen) atoms. The summed E-state index contributed by atoms with van der Waals surface area (Å²) in [6.07, 6.45) is 6.39. The molecule has 1 N–H and O–H groups in total. The summed E-state index contributed by atoms with van der Waals surface area (Å²) in [6.45, 7) is 0. The molecule has 0 saturated carbocycles. The third-order valence-corrected chi connectivity index (χ3v) is 4.85. The second-order valence-electron chi connectivity index (χ2n) is 6.57. The van der Waals surface area contributed by atoms with Crippen LogP contribution in [0.15, 0.2) is 90.0 Å². The van der Waals surface area contributed by atoms with Crippen LogP contribution in [-0.4, -0.2) is 25.7 Å². The molecule has 0 aliphatic rings. The van der Waals surface area contributed by atoms with Crippen molar-refractivity contribution >= 4 is 11.6 Å². The van der Waals surface area contributed by atoms with Gasteiger partial charge in [0, 0.05) is 22.9 Å². The molecule has 6 heteroatoms. The maximum atomic E-state index is 11.5. The molecule has 0 bridgehead atoms.